The molecule has 2 rings (SSSR count). The number of hydrogen-bond donors (Lipinski definition) is 1. The van der Waals surface area contributed by atoms with E-state index in [2.05, 4.69) is 5.32 Å². The number of nitrogens with two attached hydrogens (primary N) is 1. The largest absolute Gasteiger partial charge is 0.496 e. The van der Waals surface area contributed by atoms with E-state index in [1.54, 1.807) is 21.3 Å². The molecule has 0 aliphatic heterocycles. The number of rotatable bonds is 6. The highest BCUT2D eigenvalue weighted by Crippen LogP contribution is 2.34. The number of benzene rings is 1. The molecule has 0 radical (unpaired) electrons. The lowest BCUT2D eigenvalue weighted by Crippen LogP contribution is -2.88. The van der Waals surface area contributed by atoms with Crippen LogP contribution in [0.3, 0.4) is 0 Å². The van der Waals surface area contributed by atoms with Gasteiger partial charge in [-0.3, -0.25) is 0 Å². The smallest absolute Gasteiger partial charge is 0.164 e. The average Bonchev–Trinajstić information content (AvgIpc) is 2.80. The molecule has 0 amide bonds. The van der Waals surface area contributed by atoms with Crippen LogP contribution in [0.5, 0.6) is 17.2 Å². The summed E-state index contributed by atoms with van der Waals surface area (Å²) < 4.78 is 16.2. The summed E-state index contributed by atoms with van der Waals surface area (Å²) in [6.07, 6.45) is 8.17. The van der Waals surface area contributed by atoms with Crippen molar-refractivity contribution in [3.63, 3.8) is 0 Å². The minimum Gasteiger partial charge on any atom is -0.496 e. The van der Waals surface area contributed by atoms with Crippen molar-refractivity contribution in [1.29, 1.82) is 0 Å². The Balaban J connectivity index is 2.07. The van der Waals surface area contributed by atoms with E-state index >= 15 is 0 Å². The van der Waals surface area contributed by atoms with Gasteiger partial charge in [0.1, 0.15) is 12.3 Å². The zero-order valence-corrected chi connectivity index (χ0v) is 13.5. The lowest BCUT2D eigenvalue weighted by atomic mass is 10.1. The molecule has 118 valence electrons. The standard InChI is InChI=1S/C17H27NO3/c1-19-15-11-17(21-3)16(20-2)10-13(15)12-18-14-8-6-4-5-7-9-14/h10-11,14,18H,4-9,12H2,1-3H3/p+1. The molecular weight excluding hydrogens is 266 g/mol. The van der Waals surface area contributed by atoms with Crippen molar-refractivity contribution in [2.24, 2.45) is 0 Å². The first-order valence-corrected chi connectivity index (χ1v) is 7.90. The van der Waals surface area contributed by atoms with Crippen molar-refractivity contribution in [1.82, 2.24) is 0 Å². The molecule has 4 nitrogen and oxygen atoms in total. The molecule has 2 N–H and O–H groups in total. The first-order chi connectivity index (χ1) is 10.3. The molecule has 0 spiro atoms. The van der Waals surface area contributed by atoms with Gasteiger partial charge in [-0.1, -0.05) is 12.8 Å². The predicted octanol–water partition coefficient (Wildman–Crippen LogP) is 2.50. The molecule has 1 aliphatic carbocycles. The summed E-state index contributed by atoms with van der Waals surface area (Å²) >= 11 is 0. The fraction of sp³-hybridized carbons (Fsp3) is 0.647. The fourth-order valence-electron chi connectivity index (χ4n) is 3.09. The van der Waals surface area contributed by atoms with Gasteiger partial charge in [0, 0.05) is 6.07 Å². The van der Waals surface area contributed by atoms with E-state index in [-0.39, 0.29) is 0 Å². The van der Waals surface area contributed by atoms with Crippen molar-refractivity contribution in [2.75, 3.05) is 21.3 Å². The van der Waals surface area contributed by atoms with Crippen LogP contribution in [0.1, 0.15) is 44.1 Å². The fourth-order valence-corrected chi connectivity index (χ4v) is 3.09. The molecule has 4 heteroatoms. The van der Waals surface area contributed by atoms with Crippen LogP contribution < -0.4 is 19.5 Å². The quantitative estimate of drug-likeness (QED) is 0.820. The van der Waals surface area contributed by atoms with Crippen LogP contribution in [0.15, 0.2) is 12.1 Å². The Hall–Kier alpha value is -1.42. The Morgan fingerprint density at radius 2 is 1.43 bits per heavy atom. The van der Waals surface area contributed by atoms with Crippen LogP contribution in [-0.4, -0.2) is 27.4 Å². The van der Waals surface area contributed by atoms with E-state index in [1.807, 2.05) is 12.1 Å². The lowest BCUT2D eigenvalue weighted by Gasteiger charge is -2.16. The third-order valence-electron chi connectivity index (χ3n) is 4.36. The van der Waals surface area contributed by atoms with Crippen LogP contribution in [0, 0.1) is 0 Å². The highest BCUT2D eigenvalue weighted by Gasteiger charge is 2.17. The molecule has 0 aromatic heterocycles. The first-order valence-electron chi connectivity index (χ1n) is 7.90. The van der Waals surface area contributed by atoms with Gasteiger partial charge in [-0.2, -0.15) is 0 Å². The molecule has 0 atom stereocenters. The Morgan fingerprint density at radius 1 is 0.857 bits per heavy atom. The van der Waals surface area contributed by atoms with Crippen molar-refractivity contribution in [3.05, 3.63) is 17.7 Å². The van der Waals surface area contributed by atoms with E-state index in [4.69, 9.17) is 14.2 Å². The maximum Gasteiger partial charge on any atom is 0.164 e. The summed E-state index contributed by atoms with van der Waals surface area (Å²) in [7, 11) is 5.02. The Labute approximate surface area is 127 Å². The topological polar surface area (TPSA) is 44.3 Å². The highest BCUT2D eigenvalue weighted by molar-refractivity contribution is 5.50. The maximum absolute atomic E-state index is 5.50. The van der Waals surface area contributed by atoms with Crippen molar-refractivity contribution < 1.29 is 19.5 Å². The van der Waals surface area contributed by atoms with Gasteiger partial charge in [-0.25, -0.2) is 0 Å². The van der Waals surface area contributed by atoms with Gasteiger partial charge < -0.3 is 19.5 Å². The third-order valence-corrected chi connectivity index (χ3v) is 4.36. The van der Waals surface area contributed by atoms with Gasteiger partial charge in [0.25, 0.3) is 0 Å². The summed E-state index contributed by atoms with van der Waals surface area (Å²) in [6.45, 7) is 0.925. The summed E-state index contributed by atoms with van der Waals surface area (Å²) in [5.74, 6) is 2.35. The van der Waals surface area contributed by atoms with E-state index in [0.717, 1.165) is 24.1 Å². The van der Waals surface area contributed by atoms with E-state index in [0.29, 0.717) is 5.75 Å². The monoisotopic (exact) mass is 294 g/mol. The van der Waals surface area contributed by atoms with Gasteiger partial charge >= 0.3 is 0 Å². The van der Waals surface area contributed by atoms with Crippen molar-refractivity contribution >= 4 is 0 Å². The average molecular weight is 294 g/mol. The zero-order valence-electron chi connectivity index (χ0n) is 13.5. The maximum atomic E-state index is 5.50. The molecule has 1 fully saturated rings. The van der Waals surface area contributed by atoms with E-state index in [1.165, 1.54) is 44.1 Å². The summed E-state index contributed by atoms with van der Waals surface area (Å²) in [4.78, 5) is 0. The normalized spacial score (nSPS) is 16.3. The first kappa shape index (κ1) is 16.0. The molecule has 1 aliphatic rings. The minimum absolute atomic E-state index is 0.715. The van der Waals surface area contributed by atoms with Gasteiger partial charge in [0.05, 0.1) is 32.9 Å². The summed E-state index contributed by atoms with van der Waals surface area (Å²) in [6, 6.07) is 4.69. The minimum atomic E-state index is 0.715. The third kappa shape index (κ3) is 4.27. The Kier molecular flexibility index (Phi) is 6.18. The van der Waals surface area contributed by atoms with Crippen LogP contribution in [-0.2, 0) is 6.54 Å². The Bertz CT molecular complexity index is 440. The lowest BCUT2D eigenvalue weighted by molar-refractivity contribution is -0.705. The molecule has 0 unspecified atom stereocenters. The Morgan fingerprint density at radius 3 is 2.00 bits per heavy atom. The number of quaternary nitrogens is 1. The SMILES string of the molecule is COc1cc(OC)c(OC)cc1C[NH2+]C1CCCCCC1. The van der Waals surface area contributed by atoms with Gasteiger partial charge in [-0.05, 0) is 31.7 Å². The molecule has 21 heavy (non-hydrogen) atoms. The second kappa shape index (κ2) is 8.13. The van der Waals surface area contributed by atoms with E-state index in [9.17, 15) is 0 Å². The zero-order chi connectivity index (χ0) is 15.1. The molecule has 0 bridgehead atoms. The summed E-state index contributed by atoms with van der Waals surface area (Å²) in [5.41, 5.74) is 1.17. The second-order valence-corrected chi connectivity index (χ2v) is 5.71. The van der Waals surface area contributed by atoms with Gasteiger partial charge in [-0.15, -0.1) is 0 Å². The van der Waals surface area contributed by atoms with Crippen molar-refractivity contribution in [3.8, 4) is 17.2 Å². The second-order valence-electron chi connectivity index (χ2n) is 5.71. The molecule has 0 saturated heterocycles. The summed E-state index contributed by atoms with van der Waals surface area (Å²) in [5, 5.41) is 2.45. The predicted molar refractivity (Wildman–Crippen MR) is 83.2 cm³/mol. The van der Waals surface area contributed by atoms with Crippen LogP contribution in [0.2, 0.25) is 0 Å². The molecule has 1 aromatic carbocycles. The highest BCUT2D eigenvalue weighted by atomic mass is 16.5. The molecule has 0 heterocycles. The molecule has 1 aromatic rings. The van der Waals surface area contributed by atoms with Crippen LogP contribution >= 0.6 is 0 Å². The number of hydrogen-bond acceptors (Lipinski definition) is 3. The van der Waals surface area contributed by atoms with Crippen LogP contribution in [0.25, 0.3) is 0 Å². The van der Waals surface area contributed by atoms with Gasteiger partial charge in [0.15, 0.2) is 11.5 Å². The number of methoxy groups -OCH3 is 3. The van der Waals surface area contributed by atoms with Gasteiger partial charge in [0.2, 0.25) is 0 Å². The number of ether oxygens (including phenoxy) is 3. The van der Waals surface area contributed by atoms with Crippen LogP contribution in [0.4, 0.5) is 0 Å². The van der Waals surface area contributed by atoms with Crippen molar-refractivity contribution in [2.45, 2.75) is 51.1 Å². The molecule has 1 saturated carbocycles. The molecular formula is C17H28NO3+. The van der Waals surface area contributed by atoms with E-state index < -0.39 is 0 Å².